The summed E-state index contributed by atoms with van der Waals surface area (Å²) in [5, 5.41) is 13.4. The van der Waals surface area contributed by atoms with Crippen LogP contribution in [0.15, 0.2) is 24.3 Å². The minimum absolute atomic E-state index is 0.397. The highest BCUT2D eigenvalue weighted by molar-refractivity contribution is 5.33. The van der Waals surface area contributed by atoms with Gasteiger partial charge in [-0.1, -0.05) is 44.5 Å². The van der Waals surface area contributed by atoms with Gasteiger partial charge in [0.15, 0.2) is 0 Å². The molecule has 2 atom stereocenters. The summed E-state index contributed by atoms with van der Waals surface area (Å²) in [7, 11) is 1.88. The molecule has 0 heterocycles. The van der Waals surface area contributed by atoms with Gasteiger partial charge in [0.1, 0.15) is 0 Å². The Bertz CT molecular complexity index is 413. The van der Waals surface area contributed by atoms with Gasteiger partial charge in [-0.05, 0) is 48.8 Å². The molecule has 0 spiro atoms. The Morgan fingerprint density at radius 2 is 2.11 bits per heavy atom. The van der Waals surface area contributed by atoms with Crippen molar-refractivity contribution < 1.29 is 5.11 Å². The van der Waals surface area contributed by atoms with Crippen molar-refractivity contribution >= 4 is 0 Å². The molecule has 1 aromatic rings. The molecule has 1 aliphatic carbocycles. The zero-order valence-corrected chi connectivity index (χ0v) is 12.4. The molecule has 1 aromatic carbocycles. The Balaban J connectivity index is 2.24. The number of nitrogens with one attached hydrogen (secondary N) is 1. The molecule has 2 rings (SSSR count). The Hall–Kier alpha value is -0.860. The predicted molar refractivity (Wildman–Crippen MR) is 80.3 cm³/mol. The SMILES string of the molecule is CNCC(O)c1ccccc1C1CCCC(C)(C)C1. The summed E-state index contributed by atoms with van der Waals surface area (Å²) >= 11 is 0. The lowest BCUT2D eigenvalue weighted by molar-refractivity contribution is 0.172. The van der Waals surface area contributed by atoms with Crippen LogP contribution in [-0.2, 0) is 0 Å². The van der Waals surface area contributed by atoms with Crippen LogP contribution in [0.5, 0.6) is 0 Å². The molecule has 0 bridgehead atoms. The van der Waals surface area contributed by atoms with Gasteiger partial charge in [0.2, 0.25) is 0 Å². The highest BCUT2D eigenvalue weighted by atomic mass is 16.3. The van der Waals surface area contributed by atoms with Gasteiger partial charge >= 0.3 is 0 Å². The molecular weight excluding hydrogens is 234 g/mol. The van der Waals surface area contributed by atoms with Crippen molar-refractivity contribution in [3.63, 3.8) is 0 Å². The molecule has 106 valence electrons. The average molecular weight is 261 g/mol. The number of hydrogen-bond acceptors (Lipinski definition) is 2. The molecule has 0 radical (unpaired) electrons. The van der Waals surface area contributed by atoms with E-state index in [0.29, 0.717) is 17.9 Å². The Morgan fingerprint density at radius 3 is 2.79 bits per heavy atom. The van der Waals surface area contributed by atoms with Gasteiger partial charge in [0, 0.05) is 6.54 Å². The molecule has 1 aliphatic rings. The lowest BCUT2D eigenvalue weighted by Gasteiger charge is -2.36. The average Bonchev–Trinajstić information content (AvgIpc) is 2.38. The third-order valence-corrected chi connectivity index (χ3v) is 4.40. The van der Waals surface area contributed by atoms with Gasteiger partial charge in [-0.2, -0.15) is 0 Å². The van der Waals surface area contributed by atoms with Crippen LogP contribution in [0.4, 0.5) is 0 Å². The third-order valence-electron chi connectivity index (χ3n) is 4.40. The predicted octanol–water partition coefficient (Wildman–Crippen LogP) is 3.62. The van der Waals surface area contributed by atoms with Crippen molar-refractivity contribution in [2.24, 2.45) is 5.41 Å². The lowest BCUT2D eigenvalue weighted by Crippen LogP contribution is -2.24. The molecule has 0 amide bonds. The molecule has 19 heavy (non-hydrogen) atoms. The zero-order chi connectivity index (χ0) is 13.9. The van der Waals surface area contributed by atoms with Crippen molar-refractivity contribution in [3.05, 3.63) is 35.4 Å². The van der Waals surface area contributed by atoms with E-state index in [-0.39, 0.29) is 0 Å². The summed E-state index contributed by atoms with van der Waals surface area (Å²) in [5.41, 5.74) is 2.90. The number of rotatable bonds is 4. The number of aliphatic hydroxyl groups excluding tert-OH is 1. The summed E-state index contributed by atoms with van der Waals surface area (Å²) in [6.45, 7) is 5.35. The van der Waals surface area contributed by atoms with E-state index in [1.165, 1.54) is 31.2 Å². The minimum Gasteiger partial charge on any atom is -0.387 e. The minimum atomic E-state index is -0.397. The molecule has 1 fully saturated rings. The standard InChI is InChI=1S/C17H27NO/c1-17(2)10-6-7-13(11-17)14-8-4-5-9-15(14)16(19)12-18-3/h4-5,8-9,13,16,18-19H,6-7,10-12H2,1-3H3. The van der Waals surface area contributed by atoms with Crippen molar-refractivity contribution in [1.29, 1.82) is 0 Å². The fraction of sp³-hybridized carbons (Fsp3) is 0.647. The summed E-state index contributed by atoms with van der Waals surface area (Å²) in [4.78, 5) is 0. The Morgan fingerprint density at radius 1 is 1.37 bits per heavy atom. The van der Waals surface area contributed by atoms with Gasteiger partial charge in [0.05, 0.1) is 6.10 Å². The quantitative estimate of drug-likeness (QED) is 0.867. The second-order valence-corrected chi connectivity index (χ2v) is 6.66. The molecule has 2 nitrogen and oxygen atoms in total. The molecule has 0 saturated heterocycles. The van der Waals surface area contributed by atoms with Crippen molar-refractivity contribution in [2.45, 2.75) is 51.6 Å². The number of hydrogen-bond donors (Lipinski definition) is 2. The van der Waals surface area contributed by atoms with Crippen LogP contribution in [0, 0.1) is 5.41 Å². The highest BCUT2D eigenvalue weighted by Gasteiger charge is 2.30. The van der Waals surface area contributed by atoms with Crippen molar-refractivity contribution in [3.8, 4) is 0 Å². The van der Waals surface area contributed by atoms with E-state index >= 15 is 0 Å². The van der Waals surface area contributed by atoms with E-state index in [0.717, 1.165) is 5.56 Å². The summed E-state index contributed by atoms with van der Waals surface area (Å²) in [5.74, 6) is 0.603. The second kappa shape index (κ2) is 6.06. The molecule has 0 aliphatic heterocycles. The first-order valence-electron chi connectivity index (χ1n) is 7.45. The highest BCUT2D eigenvalue weighted by Crippen LogP contribution is 2.44. The van der Waals surface area contributed by atoms with Crippen LogP contribution < -0.4 is 5.32 Å². The smallest absolute Gasteiger partial charge is 0.0917 e. The number of aliphatic hydroxyl groups is 1. The Kier molecular flexibility index (Phi) is 4.64. The number of benzene rings is 1. The monoisotopic (exact) mass is 261 g/mol. The number of likely N-dealkylation sites (N-methyl/N-ethyl adjacent to an activating group) is 1. The van der Waals surface area contributed by atoms with Crippen LogP contribution >= 0.6 is 0 Å². The second-order valence-electron chi connectivity index (χ2n) is 6.66. The fourth-order valence-electron chi connectivity index (χ4n) is 3.45. The van der Waals surface area contributed by atoms with Gasteiger partial charge in [-0.3, -0.25) is 0 Å². The van der Waals surface area contributed by atoms with Gasteiger partial charge in [0.25, 0.3) is 0 Å². The molecule has 2 N–H and O–H groups in total. The summed E-state index contributed by atoms with van der Waals surface area (Å²) < 4.78 is 0. The molecule has 2 heteroatoms. The largest absolute Gasteiger partial charge is 0.387 e. The van der Waals surface area contributed by atoms with Crippen LogP contribution in [0.2, 0.25) is 0 Å². The van der Waals surface area contributed by atoms with Gasteiger partial charge in [-0.15, -0.1) is 0 Å². The van der Waals surface area contributed by atoms with Crippen molar-refractivity contribution in [1.82, 2.24) is 5.32 Å². The molecular formula is C17H27NO. The lowest BCUT2D eigenvalue weighted by atomic mass is 9.69. The zero-order valence-electron chi connectivity index (χ0n) is 12.4. The maximum atomic E-state index is 10.3. The molecule has 0 aromatic heterocycles. The molecule has 2 unspecified atom stereocenters. The summed E-state index contributed by atoms with van der Waals surface area (Å²) in [6, 6.07) is 8.43. The van der Waals surface area contributed by atoms with Gasteiger partial charge in [-0.25, -0.2) is 0 Å². The van der Waals surface area contributed by atoms with E-state index in [1.54, 1.807) is 0 Å². The maximum Gasteiger partial charge on any atom is 0.0917 e. The van der Waals surface area contributed by atoms with Crippen LogP contribution in [0.3, 0.4) is 0 Å². The van der Waals surface area contributed by atoms with E-state index < -0.39 is 6.10 Å². The molecule has 1 saturated carbocycles. The maximum absolute atomic E-state index is 10.3. The third kappa shape index (κ3) is 3.58. The van der Waals surface area contributed by atoms with Crippen LogP contribution in [-0.4, -0.2) is 18.7 Å². The summed E-state index contributed by atoms with van der Waals surface area (Å²) in [6.07, 6.45) is 4.72. The van der Waals surface area contributed by atoms with Crippen LogP contribution in [0.1, 0.15) is 62.7 Å². The first-order chi connectivity index (χ1) is 9.03. The van der Waals surface area contributed by atoms with Gasteiger partial charge < -0.3 is 10.4 Å². The van der Waals surface area contributed by atoms with Crippen LogP contribution in [0.25, 0.3) is 0 Å². The normalized spacial score (nSPS) is 24.1. The van der Waals surface area contributed by atoms with Crippen molar-refractivity contribution in [2.75, 3.05) is 13.6 Å². The fourth-order valence-corrected chi connectivity index (χ4v) is 3.45. The van der Waals surface area contributed by atoms with E-state index in [9.17, 15) is 5.11 Å². The topological polar surface area (TPSA) is 32.3 Å². The van der Waals surface area contributed by atoms with E-state index in [4.69, 9.17) is 0 Å². The first kappa shape index (κ1) is 14.5. The van der Waals surface area contributed by atoms with E-state index in [1.807, 2.05) is 13.1 Å². The van der Waals surface area contributed by atoms with E-state index in [2.05, 4.69) is 37.4 Å². The Labute approximate surface area is 117 Å². The first-order valence-corrected chi connectivity index (χ1v) is 7.45.